The summed E-state index contributed by atoms with van der Waals surface area (Å²) in [6.45, 7) is 9.38. The quantitative estimate of drug-likeness (QED) is 0.170. The largest absolute Gasteiger partial charge is 0.390 e. The van der Waals surface area contributed by atoms with Gasteiger partial charge in [-0.3, -0.25) is 9.59 Å². The van der Waals surface area contributed by atoms with E-state index in [1.165, 1.54) is 12.7 Å². The van der Waals surface area contributed by atoms with E-state index in [0.29, 0.717) is 50.8 Å². The first-order chi connectivity index (χ1) is 23.0. The Morgan fingerprint density at radius 1 is 1.00 bits per heavy atom. The maximum atomic E-state index is 14.3. The number of aromatic nitrogens is 2. The van der Waals surface area contributed by atoms with E-state index in [1.54, 1.807) is 11.1 Å². The number of aromatic amines is 1. The van der Waals surface area contributed by atoms with Crippen LogP contribution < -0.4 is 16.0 Å². The molecule has 0 spiro atoms. The van der Waals surface area contributed by atoms with Crippen LogP contribution in [-0.2, 0) is 26.2 Å². The molecule has 1 saturated carbocycles. The zero-order valence-electron chi connectivity index (χ0n) is 29.0. The van der Waals surface area contributed by atoms with Crippen LogP contribution in [0.5, 0.6) is 0 Å². The number of hydrogen-bond donors (Lipinski definition) is 6. The van der Waals surface area contributed by atoms with Crippen molar-refractivity contribution >= 4 is 17.8 Å². The predicted molar refractivity (Wildman–Crippen MR) is 183 cm³/mol. The maximum Gasteiger partial charge on any atom is 0.318 e. The molecule has 48 heavy (non-hydrogen) atoms. The number of morpholine rings is 1. The molecule has 2 aliphatic rings. The molecule has 1 saturated heterocycles. The molecule has 266 valence electrons. The van der Waals surface area contributed by atoms with Crippen molar-refractivity contribution in [2.24, 2.45) is 11.8 Å². The van der Waals surface area contributed by atoms with E-state index in [0.717, 1.165) is 31.2 Å². The van der Waals surface area contributed by atoms with Crippen LogP contribution in [-0.4, -0.2) is 99.6 Å². The fraction of sp³-hybridized carbons (Fsp3) is 0.667. The summed E-state index contributed by atoms with van der Waals surface area (Å²) in [6, 6.07) is 6.30. The van der Waals surface area contributed by atoms with Crippen molar-refractivity contribution in [3.63, 3.8) is 0 Å². The SMILES string of the molecule is CC(C)C[C@H](O)[C@H](O)[C@H](CC1CCCCC1)NC(=O)[C@H](Cc1cnc[nH]1)NC(=O)[C@@H](NC(=O)N1CCOCC1)C(C)(C)c1ccccc1. The van der Waals surface area contributed by atoms with Crippen molar-refractivity contribution in [3.05, 3.63) is 54.1 Å². The predicted octanol–water partition coefficient (Wildman–Crippen LogP) is 3.05. The summed E-state index contributed by atoms with van der Waals surface area (Å²) >= 11 is 0. The van der Waals surface area contributed by atoms with E-state index >= 15 is 0 Å². The van der Waals surface area contributed by atoms with Crippen LogP contribution in [0.25, 0.3) is 0 Å². The Labute approximate surface area is 284 Å². The number of nitrogens with zero attached hydrogens (tertiary/aromatic N) is 2. The van der Waals surface area contributed by atoms with Gasteiger partial charge < -0.3 is 40.8 Å². The van der Waals surface area contributed by atoms with Crippen molar-refractivity contribution in [2.75, 3.05) is 26.3 Å². The molecule has 12 nitrogen and oxygen atoms in total. The first-order valence-corrected chi connectivity index (χ1v) is 17.6. The Hall–Kier alpha value is -3.48. The molecule has 0 unspecified atom stereocenters. The van der Waals surface area contributed by atoms with Gasteiger partial charge in [0, 0.05) is 36.8 Å². The minimum Gasteiger partial charge on any atom is -0.390 e. The summed E-state index contributed by atoms with van der Waals surface area (Å²) in [6.07, 6.45) is 7.35. The topological polar surface area (TPSA) is 169 Å². The molecule has 1 aliphatic heterocycles. The third kappa shape index (κ3) is 10.5. The summed E-state index contributed by atoms with van der Waals surface area (Å²) in [4.78, 5) is 50.7. The first-order valence-electron chi connectivity index (χ1n) is 17.6. The molecule has 1 aromatic carbocycles. The van der Waals surface area contributed by atoms with Gasteiger partial charge >= 0.3 is 6.03 Å². The molecule has 2 aromatic rings. The van der Waals surface area contributed by atoms with Gasteiger partial charge in [-0.15, -0.1) is 0 Å². The highest BCUT2D eigenvalue weighted by atomic mass is 16.5. The number of amides is 4. The molecule has 4 rings (SSSR count). The van der Waals surface area contributed by atoms with Crippen LogP contribution in [0.4, 0.5) is 4.79 Å². The Balaban J connectivity index is 1.60. The molecule has 2 fully saturated rings. The van der Waals surface area contributed by atoms with Gasteiger partial charge in [-0.25, -0.2) is 9.78 Å². The highest BCUT2D eigenvalue weighted by Gasteiger charge is 2.41. The second-order valence-electron chi connectivity index (χ2n) is 14.5. The van der Waals surface area contributed by atoms with Crippen molar-refractivity contribution in [1.29, 1.82) is 0 Å². The Morgan fingerprint density at radius 2 is 1.69 bits per heavy atom. The molecule has 12 heteroatoms. The summed E-state index contributed by atoms with van der Waals surface area (Å²) in [5.74, 6) is -0.526. The highest BCUT2D eigenvalue weighted by Crippen LogP contribution is 2.30. The molecule has 5 atom stereocenters. The average Bonchev–Trinajstić information content (AvgIpc) is 3.60. The van der Waals surface area contributed by atoms with Gasteiger partial charge in [-0.05, 0) is 30.2 Å². The molecular weight excluding hydrogens is 612 g/mol. The number of carbonyl (C=O) groups is 3. The first kappa shape index (κ1) is 37.3. The fourth-order valence-electron chi connectivity index (χ4n) is 6.91. The van der Waals surface area contributed by atoms with Gasteiger partial charge in [0.1, 0.15) is 18.2 Å². The van der Waals surface area contributed by atoms with Gasteiger partial charge in [0.2, 0.25) is 11.8 Å². The van der Waals surface area contributed by atoms with Crippen molar-refractivity contribution in [3.8, 4) is 0 Å². The lowest BCUT2D eigenvalue weighted by molar-refractivity contribution is -0.132. The van der Waals surface area contributed by atoms with Crippen molar-refractivity contribution < 1.29 is 29.3 Å². The number of nitrogens with one attached hydrogen (secondary N) is 4. The second kappa shape index (κ2) is 17.8. The fourth-order valence-corrected chi connectivity index (χ4v) is 6.91. The molecule has 0 bridgehead atoms. The summed E-state index contributed by atoms with van der Waals surface area (Å²) in [5, 5.41) is 31.2. The van der Waals surface area contributed by atoms with Gasteiger partial charge in [0.25, 0.3) is 0 Å². The summed E-state index contributed by atoms with van der Waals surface area (Å²) < 4.78 is 5.41. The minimum atomic E-state index is -1.17. The Bertz CT molecular complexity index is 1280. The average molecular weight is 669 g/mol. The Morgan fingerprint density at radius 3 is 2.31 bits per heavy atom. The zero-order chi connectivity index (χ0) is 34.7. The lowest BCUT2D eigenvalue weighted by atomic mass is 9.77. The number of H-pyrrole nitrogens is 1. The smallest absolute Gasteiger partial charge is 0.318 e. The van der Waals surface area contributed by atoms with Gasteiger partial charge in [0.05, 0.1) is 31.7 Å². The lowest BCUT2D eigenvalue weighted by Crippen LogP contribution is -2.63. The molecule has 1 aromatic heterocycles. The van der Waals surface area contributed by atoms with Crippen LogP contribution in [0.2, 0.25) is 0 Å². The van der Waals surface area contributed by atoms with Crippen LogP contribution in [0.3, 0.4) is 0 Å². The number of benzene rings is 1. The number of carbonyl (C=O) groups excluding carboxylic acids is 3. The van der Waals surface area contributed by atoms with Crippen molar-refractivity contribution in [1.82, 2.24) is 30.8 Å². The van der Waals surface area contributed by atoms with E-state index in [2.05, 4.69) is 25.9 Å². The summed E-state index contributed by atoms with van der Waals surface area (Å²) in [7, 11) is 0. The van der Waals surface area contributed by atoms with Gasteiger partial charge in [-0.1, -0.05) is 90.1 Å². The molecule has 0 radical (unpaired) electrons. The number of urea groups is 1. The van der Waals surface area contributed by atoms with E-state index in [9.17, 15) is 24.6 Å². The third-order valence-electron chi connectivity index (χ3n) is 9.84. The van der Waals surface area contributed by atoms with E-state index in [1.807, 2.05) is 58.0 Å². The molecular formula is C36H56N6O6. The van der Waals surface area contributed by atoms with E-state index < -0.39 is 47.6 Å². The van der Waals surface area contributed by atoms with E-state index in [4.69, 9.17) is 4.74 Å². The minimum absolute atomic E-state index is 0.105. The number of hydrogen-bond acceptors (Lipinski definition) is 7. The van der Waals surface area contributed by atoms with Crippen LogP contribution in [0, 0.1) is 11.8 Å². The standard InChI is InChI=1S/C36H56N6O6/c1-24(2)19-30(43)31(44)28(20-25-11-7-5-8-12-25)39-33(45)29(21-27-22-37-23-38-27)40-34(46)32(36(3,4)26-13-9-6-10-14-26)41-35(47)42-15-17-48-18-16-42/h6,9-10,13-14,22-25,28-32,43-44H,5,7-8,11-12,15-21H2,1-4H3,(H,37,38)(H,39,45)(H,40,46)(H,41,47)/t28-,29-,30-,31+,32+/m0/s1. The molecule has 4 amide bonds. The van der Waals surface area contributed by atoms with Crippen LogP contribution >= 0.6 is 0 Å². The van der Waals surface area contributed by atoms with E-state index in [-0.39, 0.29) is 18.4 Å². The Kier molecular flexibility index (Phi) is 13.8. The normalized spacial score (nSPS) is 19.2. The van der Waals surface area contributed by atoms with Crippen molar-refractivity contribution in [2.45, 2.75) is 115 Å². The molecule has 6 N–H and O–H groups in total. The monoisotopic (exact) mass is 668 g/mol. The maximum absolute atomic E-state index is 14.3. The van der Waals surface area contributed by atoms with Crippen LogP contribution in [0.1, 0.15) is 83.9 Å². The highest BCUT2D eigenvalue weighted by molar-refractivity contribution is 5.93. The number of ether oxygens (including phenoxy) is 1. The third-order valence-corrected chi connectivity index (χ3v) is 9.84. The second-order valence-corrected chi connectivity index (χ2v) is 14.5. The molecule has 1 aliphatic carbocycles. The lowest BCUT2D eigenvalue weighted by Gasteiger charge is -2.37. The number of rotatable bonds is 15. The van der Waals surface area contributed by atoms with Crippen LogP contribution in [0.15, 0.2) is 42.9 Å². The number of aliphatic hydroxyl groups excluding tert-OH is 2. The molecule has 2 heterocycles. The number of aliphatic hydroxyl groups is 2. The van der Waals surface area contributed by atoms with Gasteiger partial charge in [0.15, 0.2) is 0 Å². The summed E-state index contributed by atoms with van der Waals surface area (Å²) in [5.41, 5.74) is 0.621. The zero-order valence-corrected chi connectivity index (χ0v) is 29.0. The number of imidazole rings is 1. The van der Waals surface area contributed by atoms with Gasteiger partial charge in [-0.2, -0.15) is 0 Å².